The van der Waals surface area contributed by atoms with Crippen molar-refractivity contribution in [3.63, 3.8) is 0 Å². The number of nitrogens with one attached hydrogen (secondary N) is 3. The Morgan fingerprint density at radius 1 is 1.22 bits per heavy atom. The van der Waals surface area contributed by atoms with E-state index in [-0.39, 0.29) is 17.6 Å². The lowest BCUT2D eigenvalue weighted by molar-refractivity contribution is -0.119. The summed E-state index contributed by atoms with van der Waals surface area (Å²) in [5, 5.41) is 16.9. The van der Waals surface area contributed by atoms with Gasteiger partial charge in [-0.2, -0.15) is 26.3 Å². The van der Waals surface area contributed by atoms with Crippen molar-refractivity contribution in [2.24, 2.45) is 11.8 Å². The number of hydrogen-bond donors (Lipinski definition) is 3. The molecule has 1 aliphatic rings. The van der Waals surface area contributed by atoms with E-state index in [0.717, 1.165) is 37.1 Å². The minimum Gasteiger partial charge on any atom is -0.339 e. The topological polar surface area (TPSA) is 118 Å². The smallest absolute Gasteiger partial charge is 0.270 e. The second-order valence-corrected chi connectivity index (χ2v) is 10.7. The second kappa shape index (κ2) is 11.9. The molecular formula is C26H34FN7O2S. The summed E-state index contributed by atoms with van der Waals surface area (Å²) >= 11 is 1.67. The molecule has 1 fully saturated rings. The summed E-state index contributed by atoms with van der Waals surface area (Å²) in [6.45, 7) is 6.40. The summed E-state index contributed by atoms with van der Waals surface area (Å²) < 4.78 is 16.6. The monoisotopic (exact) mass is 527 g/mol. The highest BCUT2D eigenvalue weighted by molar-refractivity contribution is 7.98. The zero-order valence-electron chi connectivity index (χ0n) is 21.7. The maximum absolute atomic E-state index is 15.0. The van der Waals surface area contributed by atoms with Gasteiger partial charge in [0.1, 0.15) is 17.6 Å². The van der Waals surface area contributed by atoms with Crippen LogP contribution >= 0.6 is 11.8 Å². The Kier molecular flexibility index (Phi) is 8.63. The van der Waals surface area contributed by atoms with Gasteiger partial charge in [0.05, 0.1) is 12.2 Å². The number of aromatic nitrogens is 5. The van der Waals surface area contributed by atoms with Gasteiger partial charge in [-0.1, -0.05) is 19.8 Å². The maximum atomic E-state index is 15.0. The number of pyridine rings is 1. The van der Waals surface area contributed by atoms with Crippen LogP contribution in [0, 0.1) is 31.6 Å². The third kappa shape index (κ3) is 6.20. The van der Waals surface area contributed by atoms with E-state index < -0.39 is 17.9 Å². The summed E-state index contributed by atoms with van der Waals surface area (Å²) in [5.41, 5.74) is 2.78. The van der Waals surface area contributed by atoms with E-state index in [1.54, 1.807) is 47.8 Å². The van der Waals surface area contributed by atoms with E-state index >= 15 is 0 Å². The van der Waals surface area contributed by atoms with Gasteiger partial charge in [0.25, 0.3) is 5.91 Å². The molecule has 11 heteroatoms. The largest absolute Gasteiger partial charge is 0.339 e. The third-order valence-corrected chi connectivity index (χ3v) is 7.65. The van der Waals surface area contributed by atoms with Gasteiger partial charge in [-0.15, -0.1) is 0 Å². The molecule has 2 amide bonds. The van der Waals surface area contributed by atoms with E-state index in [1.165, 1.54) is 0 Å². The average Bonchev–Trinajstić information content (AvgIpc) is 3.48. The molecule has 4 rings (SSSR count). The van der Waals surface area contributed by atoms with E-state index in [9.17, 15) is 14.0 Å². The molecule has 1 saturated carbocycles. The number of H-pyrrole nitrogens is 1. The van der Waals surface area contributed by atoms with Crippen LogP contribution in [0.3, 0.4) is 0 Å². The molecule has 0 aromatic carbocycles. The number of anilines is 1. The quantitative estimate of drug-likeness (QED) is 0.356. The summed E-state index contributed by atoms with van der Waals surface area (Å²) in [6.07, 6.45) is 7.21. The fraction of sp³-hybridized carbons (Fsp3) is 0.500. The van der Waals surface area contributed by atoms with E-state index in [1.807, 2.05) is 13.2 Å². The average molecular weight is 528 g/mol. The molecule has 198 valence electrons. The first-order valence-corrected chi connectivity index (χ1v) is 14.0. The molecule has 0 aliphatic heterocycles. The minimum atomic E-state index is -0.771. The van der Waals surface area contributed by atoms with Crippen LogP contribution in [0.1, 0.15) is 54.5 Å². The number of aryl methyl sites for hydroxylation is 3. The first kappa shape index (κ1) is 26.8. The van der Waals surface area contributed by atoms with Gasteiger partial charge in [-0.05, 0) is 63.0 Å². The Morgan fingerprint density at radius 3 is 2.62 bits per heavy atom. The van der Waals surface area contributed by atoms with Crippen LogP contribution in [0.2, 0.25) is 0 Å². The van der Waals surface area contributed by atoms with Crippen LogP contribution in [0.5, 0.6) is 0 Å². The maximum Gasteiger partial charge on any atom is 0.270 e. The van der Waals surface area contributed by atoms with Crippen molar-refractivity contribution in [1.82, 2.24) is 30.3 Å². The standard InChI is InChI=1S/C26H34FN7O2S/c1-15-5-7-18(8-6-15)23(31-25(35)20-11-12-28-34(20)13-14-37-4)26(36)30-21-10-9-19(24(27)29-21)22-16(2)32-33-17(22)3/h9-12,15,18,23H,5-8,13-14H2,1-4H3,(H,31,35)(H,32,33)(H,29,30,36)/t15-,18-,23-/m0/s1. The second-order valence-electron chi connectivity index (χ2n) is 9.74. The number of aromatic amines is 1. The number of amides is 2. The van der Waals surface area contributed by atoms with Gasteiger partial charge in [0.2, 0.25) is 11.9 Å². The number of hydrogen-bond acceptors (Lipinski definition) is 6. The van der Waals surface area contributed by atoms with Gasteiger partial charge in [0.15, 0.2) is 0 Å². The summed E-state index contributed by atoms with van der Waals surface area (Å²) in [7, 11) is 0. The van der Waals surface area contributed by atoms with Crippen LogP contribution in [0.25, 0.3) is 11.1 Å². The van der Waals surface area contributed by atoms with Gasteiger partial charge in [-0.3, -0.25) is 19.4 Å². The highest BCUT2D eigenvalue weighted by Crippen LogP contribution is 2.32. The van der Waals surface area contributed by atoms with E-state index in [2.05, 4.69) is 37.8 Å². The van der Waals surface area contributed by atoms with Gasteiger partial charge in [0, 0.05) is 28.8 Å². The molecule has 0 saturated heterocycles. The first-order chi connectivity index (χ1) is 17.8. The SMILES string of the molecule is CSCCn1nccc1C(=O)N[C@H](C(=O)Nc1ccc(-c2c(C)n[nH]c2C)c(F)n1)[C@H]1CC[C@H](C)CC1. The zero-order valence-corrected chi connectivity index (χ0v) is 22.5. The Morgan fingerprint density at radius 2 is 1.97 bits per heavy atom. The molecule has 3 aromatic heterocycles. The summed E-state index contributed by atoms with van der Waals surface area (Å²) in [4.78, 5) is 30.7. The molecule has 1 aliphatic carbocycles. The van der Waals surface area contributed by atoms with E-state index in [4.69, 9.17) is 0 Å². The molecule has 1 atom stereocenters. The van der Waals surface area contributed by atoms with E-state index in [0.29, 0.717) is 35.0 Å². The number of carbonyl (C=O) groups excluding carboxylic acids is 2. The lowest BCUT2D eigenvalue weighted by Gasteiger charge is -2.32. The Labute approximate surface area is 220 Å². The van der Waals surface area contributed by atoms with Crippen molar-refractivity contribution >= 4 is 29.4 Å². The van der Waals surface area contributed by atoms with Crippen LogP contribution in [-0.2, 0) is 11.3 Å². The number of rotatable bonds is 9. The molecule has 9 nitrogen and oxygen atoms in total. The summed E-state index contributed by atoms with van der Waals surface area (Å²) in [6, 6.07) is 4.04. The molecular weight excluding hydrogens is 493 g/mol. The fourth-order valence-corrected chi connectivity index (χ4v) is 5.31. The van der Waals surface area contributed by atoms with Crippen molar-refractivity contribution in [2.45, 2.75) is 59.0 Å². The van der Waals surface area contributed by atoms with Crippen LogP contribution in [-0.4, -0.2) is 54.8 Å². The number of nitrogens with zero attached hydrogens (tertiary/aromatic N) is 4. The van der Waals surface area contributed by atoms with Crippen LogP contribution in [0.15, 0.2) is 24.4 Å². The number of carbonyl (C=O) groups is 2. The van der Waals surface area contributed by atoms with Crippen molar-refractivity contribution < 1.29 is 14.0 Å². The molecule has 3 aromatic rings. The Hall–Kier alpha value is -3.21. The van der Waals surface area contributed by atoms with Crippen molar-refractivity contribution in [1.29, 1.82) is 0 Å². The third-order valence-electron chi connectivity index (χ3n) is 7.05. The minimum absolute atomic E-state index is 0.0249. The van der Waals surface area contributed by atoms with Gasteiger partial charge < -0.3 is 10.6 Å². The molecule has 0 bridgehead atoms. The Balaban J connectivity index is 1.53. The number of halogens is 1. The van der Waals surface area contributed by atoms with Crippen LogP contribution < -0.4 is 10.6 Å². The summed E-state index contributed by atoms with van der Waals surface area (Å²) in [5.74, 6) is 0.0204. The lowest BCUT2D eigenvalue weighted by Crippen LogP contribution is -2.49. The Bertz CT molecular complexity index is 1230. The predicted molar refractivity (Wildman–Crippen MR) is 143 cm³/mol. The normalized spacial score (nSPS) is 18.4. The highest BCUT2D eigenvalue weighted by Gasteiger charge is 2.33. The van der Waals surface area contributed by atoms with Crippen molar-refractivity contribution in [3.8, 4) is 11.1 Å². The zero-order chi connectivity index (χ0) is 26.5. The molecule has 37 heavy (non-hydrogen) atoms. The highest BCUT2D eigenvalue weighted by atomic mass is 32.2. The van der Waals surface area contributed by atoms with Gasteiger partial charge >= 0.3 is 0 Å². The predicted octanol–water partition coefficient (Wildman–Crippen LogP) is 4.35. The molecule has 3 heterocycles. The molecule has 3 N–H and O–H groups in total. The molecule has 0 unspecified atom stereocenters. The first-order valence-electron chi connectivity index (χ1n) is 12.6. The van der Waals surface area contributed by atoms with Crippen molar-refractivity contribution in [2.75, 3.05) is 17.3 Å². The number of thioether (sulfide) groups is 1. The van der Waals surface area contributed by atoms with Gasteiger partial charge in [-0.25, -0.2) is 4.98 Å². The van der Waals surface area contributed by atoms with Crippen LogP contribution in [0.4, 0.5) is 10.2 Å². The molecule has 0 spiro atoms. The lowest BCUT2D eigenvalue weighted by atomic mass is 9.79. The molecule has 0 radical (unpaired) electrons. The van der Waals surface area contributed by atoms with Crippen molar-refractivity contribution in [3.05, 3.63) is 47.4 Å². The fourth-order valence-electron chi connectivity index (χ4n) is 4.96.